The third kappa shape index (κ3) is 6.76. The Morgan fingerprint density at radius 3 is 2.11 bits per heavy atom. The maximum atomic E-state index is 12.5. The summed E-state index contributed by atoms with van der Waals surface area (Å²) in [5.74, 6) is -0.678. The number of carbonyl (C=O) groups is 1. The smallest absolute Gasteiger partial charge is 0.316 e. The van der Waals surface area contributed by atoms with Crippen molar-refractivity contribution >= 4 is 5.97 Å². The SMILES string of the molecule is C=CCOC(=O)C(c1ccc(OCC=C)cc1)C(O)c1ccccc1.CC. The molecule has 4 nitrogen and oxygen atoms in total. The molecule has 2 aromatic carbocycles. The molecule has 0 heterocycles. The fourth-order valence-corrected chi connectivity index (χ4v) is 2.45. The summed E-state index contributed by atoms with van der Waals surface area (Å²) in [6.45, 7) is 11.6. The zero-order valence-electron chi connectivity index (χ0n) is 16.0. The van der Waals surface area contributed by atoms with Crippen LogP contribution in [-0.2, 0) is 9.53 Å². The minimum Gasteiger partial charge on any atom is -0.490 e. The molecule has 2 atom stereocenters. The van der Waals surface area contributed by atoms with Crippen LogP contribution < -0.4 is 4.74 Å². The fraction of sp³-hybridized carbons (Fsp3) is 0.261. The lowest BCUT2D eigenvalue weighted by Gasteiger charge is -2.22. The Kier molecular flexibility index (Phi) is 10.3. The van der Waals surface area contributed by atoms with Gasteiger partial charge in [0.05, 0.1) is 6.10 Å². The molecule has 4 heteroatoms. The first-order valence-corrected chi connectivity index (χ1v) is 9.01. The second kappa shape index (κ2) is 12.5. The van der Waals surface area contributed by atoms with Gasteiger partial charge in [0.2, 0.25) is 0 Å². The Morgan fingerprint density at radius 2 is 1.56 bits per heavy atom. The van der Waals surface area contributed by atoms with Gasteiger partial charge in [-0.1, -0.05) is 81.6 Å². The number of hydrogen-bond acceptors (Lipinski definition) is 4. The molecule has 0 spiro atoms. The zero-order valence-corrected chi connectivity index (χ0v) is 16.0. The standard InChI is InChI=1S/C21H22O4.C2H6/c1-3-14-24-18-12-10-16(11-13-18)19(21(23)25-15-4-2)20(22)17-8-6-5-7-9-17;1-2/h3-13,19-20,22H,1-2,14-15H2;1-2H3. The summed E-state index contributed by atoms with van der Waals surface area (Å²) in [5.41, 5.74) is 1.30. The van der Waals surface area contributed by atoms with Crippen molar-refractivity contribution in [3.8, 4) is 5.75 Å². The summed E-state index contributed by atoms with van der Waals surface area (Å²) in [6.07, 6.45) is 2.14. The minimum absolute atomic E-state index is 0.0946. The maximum absolute atomic E-state index is 12.5. The van der Waals surface area contributed by atoms with E-state index in [1.807, 2.05) is 32.0 Å². The second-order valence-corrected chi connectivity index (χ2v) is 5.42. The van der Waals surface area contributed by atoms with Crippen LogP contribution in [0.15, 0.2) is 79.9 Å². The van der Waals surface area contributed by atoms with Crippen molar-refractivity contribution in [3.63, 3.8) is 0 Å². The van der Waals surface area contributed by atoms with Crippen molar-refractivity contribution in [3.05, 3.63) is 91.0 Å². The molecule has 27 heavy (non-hydrogen) atoms. The van der Waals surface area contributed by atoms with Gasteiger partial charge in [0.1, 0.15) is 24.9 Å². The van der Waals surface area contributed by atoms with Crippen LogP contribution in [0.3, 0.4) is 0 Å². The summed E-state index contributed by atoms with van der Waals surface area (Å²) in [5, 5.41) is 10.7. The normalized spacial score (nSPS) is 12.0. The van der Waals surface area contributed by atoms with Gasteiger partial charge in [-0.15, -0.1) is 0 Å². The first-order chi connectivity index (χ1) is 13.2. The summed E-state index contributed by atoms with van der Waals surface area (Å²) in [7, 11) is 0. The molecule has 0 saturated heterocycles. The van der Waals surface area contributed by atoms with Crippen LogP contribution in [0.5, 0.6) is 5.75 Å². The van der Waals surface area contributed by atoms with Crippen LogP contribution in [0.25, 0.3) is 0 Å². The van der Waals surface area contributed by atoms with Crippen molar-refractivity contribution in [1.29, 1.82) is 0 Å². The van der Waals surface area contributed by atoms with E-state index in [0.29, 0.717) is 23.5 Å². The predicted octanol–water partition coefficient (Wildman–Crippen LogP) is 4.82. The molecule has 0 aliphatic rings. The van der Waals surface area contributed by atoms with Gasteiger partial charge in [-0.05, 0) is 23.3 Å². The van der Waals surface area contributed by atoms with Gasteiger partial charge in [0, 0.05) is 0 Å². The van der Waals surface area contributed by atoms with Gasteiger partial charge >= 0.3 is 5.97 Å². The Labute approximate surface area is 161 Å². The predicted molar refractivity (Wildman–Crippen MR) is 109 cm³/mol. The van der Waals surface area contributed by atoms with E-state index in [-0.39, 0.29) is 6.61 Å². The monoisotopic (exact) mass is 368 g/mol. The van der Waals surface area contributed by atoms with Crippen LogP contribution in [0, 0.1) is 0 Å². The van der Waals surface area contributed by atoms with E-state index in [0.717, 1.165) is 0 Å². The summed E-state index contributed by atoms with van der Waals surface area (Å²) >= 11 is 0. The van der Waals surface area contributed by atoms with Crippen molar-refractivity contribution in [1.82, 2.24) is 0 Å². The lowest BCUT2D eigenvalue weighted by atomic mass is 9.89. The van der Waals surface area contributed by atoms with Crippen molar-refractivity contribution in [2.24, 2.45) is 0 Å². The average molecular weight is 368 g/mol. The molecule has 2 rings (SSSR count). The van der Waals surface area contributed by atoms with Crippen molar-refractivity contribution in [2.45, 2.75) is 25.9 Å². The highest BCUT2D eigenvalue weighted by atomic mass is 16.5. The number of ether oxygens (including phenoxy) is 2. The minimum atomic E-state index is -1.02. The van der Waals surface area contributed by atoms with Gasteiger partial charge in [-0.25, -0.2) is 0 Å². The summed E-state index contributed by atoms with van der Waals surface area (Å²) in [6, 6.07) is 16.1. The van der Waals surface area contributed by atoms with Crippen LogP contribution >= 0.6 is 0 Å². The first kappa shape index (κ1) is 22.2. The van der Waals surface area contributed by atoms with Gasteiger partial charge < -0.3 is 14.6 Å². The van der Waals surface area contributed by atoms with Crippen LogP contribution in [0.2, 0.25) is 0 Å². The number of rotatable bonds is 9. The Bertz CT molecular complexity index is 692. The molecular formula is C23H28O4. The van der Waals surface area contributed by atoms with Gasteiger partial charge in [-0.3, -0.25) is 4.79 Å². The molecule has 144 valence electrons. The Balaban J connectivity index is 0.00000176. The zero-order chi connectivity index (χ0) is 20.1. The largest absolute Gasteiger partial charge is 0.490 e. The molecule has 1 N–H and O–H groups in total. The van der Waals surface area contributed by atoms with Gasteiger partial charge in [0.25, 0.3) is 0 Å². The number of aliphatic hydroxyl groups excluding tert-OH is 1. The number of carbonyl (C=O) groups excluding carboxylic acids is 1. The maximum Gasteiger partial charge on any atom is 0.316 e. The van der Waals surface area contributed by atoms with Crippen LogP contribution in [0.4, 0.5) is 0 Å². The molecule has 0 fully saturated rings. The molecule has 0 bridgehead atoms. The highest BCUT2D eigenvalue weighted by Gasteiger charge is 2.31. The number of hydrogen-bond donors (Lipinski definition) is 1. The molecule has 2 unspecified atom stereocenters. The van der Waals surface area contributed by atoms with E-state index in [9.17, 15) is 9.90 Å². The fourth-order valence-electron chi connectivity index (χ4n) is 2.45. The van der Waals surface area contributed by atoms with E-state index in [4.69, 9.17) is 9.47 Å². The van der Waals surface area contributed by atoms with E-state index in [1.165, 1.54) is 6.08 Å². The second-order valence-electron chi connectivity index (χ2n) is 5.42. The quantitative estimate of drug-likeness (QED) is 0.509. The summed E-state index contributed by atoms with van der Waals surface area (Å²) < 4.78 is 10.6. The number of benzene rings is 2. The highest BCUT2D eigenvalue weighted by molar-refractivity contribution is 5.79. The van der Waals surface area contributed by atoms with Crippen molar-refractivity contribution in [2.75, 3.05) is 13.2 Å². The molecule has 0 amide bonds. The Morgan fingerprint density at radius 1 is 0.963 bits per heavy atom. The van der Waals surface area contributed by atoms with E-state index >= 15 is 0 Å². The van der Waals surface area contributed by atoms with E-state index < -0.39 is 18.0 Å². The molecular weight excluding hydrogens is 340 g/mol. The van der Waals surface area contributed by atoms with Crippen LogP contribution in [0.1, 0.15) is 37.0 Å². The van der Waals surface area contributed by atoms with Gasteiger partial charge in [-0.2, -0.15) is 0 Å². The number of aliphatic hydroxyl groups is 1. The van der Waals surface area contributed by atoms with Crippen molar-refractivity contribution < 1.29 is 19.4 Å². The molecule has 0 aliphatic carbocycles. The molecule has 0 aromatic heterocycles. The molecule has 0 aliphatic heterocycles. The van der Waals surface area contributed by atoms with E-state index in [1.54, 1.807) is 42.5 Å². The Hall–Kier alpha value is -2.85. The molecule has 0 radical (unpaired) electrons. The summed E-state index contributed by atoms with van der Waals surface area (Å²) in [4.78, 5) is 12.5. The first-order valence-electron chi connectivity index (χ1n) is 9.01. The van der Waals surface area contributed by atoms with Gasteiger partial charge in [0.15, 0.2) is 0 Å². The third-order valence-corrected chi connectivity index (χ3v) is 3.66. The van der Waals surface area contributed by atoms with E-state index in [2.05, 4.69) is 13.2 Å². The molecule has 0 saturated carbocycles. The highest BCUT2D eigenvalue weighted by Crippen LogP contribution is 2.33. The lowest BCUT2D eigenvalue weighted by Crippen LogP contribution is -2.23. The lowest BCUT2D eigenvalue weighted by molar-refractivity contribution is -0.147. The van der Waals surface area contributed by atoms with Crippen LogP contribution in [-0.4, -0.2) is 24.3 Å². The third-order valence-electron chi connectivity index (χ3n) is 3.66. The number of esters is 1. The topological polar surface area (TPSA) is 55.8 Å². The molecule has 2 aromatic rings. The average Bonchev–Trinajstić information content (AvgIpc) is 2.73.